The van der Waals surface area contributed by atoms with Gasteiger partial charge < -0.3 is 5.32 Å². The van der Waals surface area contributed by atoms with Gasteiger partial charge in [-0.25, -0.2) is 4.98 Å². The van der Waals surface area contributed by atoms with Crippen LogP contribution < -0.4 is 10.9 Å². The summed E-state index contributed by atoms with van der Waals surface area (Å²) >= 11 is 1.26. The van der Waals surface area contributed by atoms with Gasteiger partial charge in [0.2, 0.25) is 5.91 Å². The van der Waals surface area contributed by atoms with Crippen LogP contribution in [0.5, 0.6) is 0 Å². The van der Waals surface area contributed by atoms with E-state index in [2.05, 4.69) is 16.4 Å². The SMILES string of the molecule is CC(C)C(C)(C#N)NC(=O)CSc1nc2ccccc2c(=O)n1C1CCCC1. The molecule has 1 aromatic carbocycles. The fourth-order valence-corrected chi connectivity index (χ4v) is 4.34. The highest BCUT2D eigenvalue weighted by molar-refractivity contribution is 7.99. The second-order valence-corrected chi connectivity index (χ2v) is 8.77. The fraction of sp³-hybridized carbons (Fsp3) is 0.524. The molecule has 1 unspecified atom stereocenters. The van der Waals surface area contributed by atoms with Gasteiger partial charge in [0.15, 0.2) is 5.16 Å². The zero-order chi connectivity index (χ0) is 20.3. The number of hydrogen-bond acceptors (Lipinski definition) is 5. The molecule has 1 saturated carbocycles. The summed E-state index contributed by atoms with van der Waals surface area (Å²) in [5.74, 6) is -0.133. The van der Waals surface area contributed by atoms with Crippen LogP contribution in [0.1, 0.15) is 52.5 Å². The molecular formula is C21H26N4O2S. The highest BCUT2D eigenvalue weighted by Crippen LogP contribution is 2.32. The zero-order valence-corrected chi connectivity index (χ0v) is 17.4. The van der Waals surface area contributed by atoms with Gasteiger partial charge in [-0.1, -0.05) is 50.6 Å². The maximum absolute atomic E-state index is 13.1. The molecule has 1 aliphatic carbocycles. The third-order valence-electron chi connectivity index (χ3n) is 5.58. The number of carbonyl (C=O) groups excluding carboxylic acids is 1. The number of thioether (sulfide) groups is 1. The monoisotopic (exact) mass is 398 g/mol. The Morgan fingerprint density at radius 2 is 2.07 bits per heavy atom. The molecule has 1 fully saturated rings. The van der Waals surface area contributed by atoms with Gasteiger partial charge in [0.05, 0.1) is 22.7 Å². The van der Waals surface area contributed by atoms with Gasteiger partial charge in [0.1, 0.15) is 5.54 Å². The molecule has 1 aliphatic rings. The van der Waals surface area contributed by atoms with E-state index in [9.17, 15) is 14.9 Å². The van der Waals surface area contributed by atoms with Crippen molar-refractivity contribution in [3.05, 3.63) is 34.6 Å². The highest BCUT2D eigenvalue weighted by Gasteiger charge is 2.30. The standard InChI is InChI=1S/C21H26N4O2S/c1-14(2)21(3,13-22)24-18(26)12-28-20-23-17-11-7-6-10-16(17)19(27)25(20)15-8-4-5-9-15/h6-7,10-11,14-15H,4-5,8-9,12H2,1-3H3,(H,24,26). The lowest BCUT2D eigenvalue weighted by Crippen LogP contribution is -2.49. The molecule has 28 heavy (non-hydrogen) atoms. The quantitative estimate of drug-likeness (QED) is 0.593. The van der Waals surface area contributed by atoms with Crippen LogP contribution in [0.2, 0.25) is 0 Å². The zero-order valence-electron chi connectivity index (χ0n) is 16.6. The van der Waals surface area contributed by atoms with Crippen molar-refractivity contribution in [3.63, 3.8) is 0 Å². The van der Waals surface area contributed by atoms with E-state index in [1.807, 2.05) is 32.0 Å². The molecule has 2 aromatic rings. The van der Waals surface area contributed by atoms with Crippen LogP contribution in [-0.4, -0.2) is 26.8 Å². The molecule has 148 valence electrons. The van der Waals surface area contributed by atoms with Crippen molar-refractivity contribution >= 4 is 28.6 Å². The molecule has 0 spiro atoms. The number of nitrogens with one attached hydrogen (secondary N) is 1. The third kappa shape index (κ3) is 4.07. The molecule has 0 bridgehead atoms. The van der Waals surface area contributed by atoms with Gasteiger partial charge in [0.25, 0.3) is 5.56 Å². The minimum atomic E-state index is -0.917. The molecule has 0 radical (unpaired) electrons. The summed E-state index contributed by atoms with van der Waals surface area (Å²) in [6, 6.07) is 9.65. The van der Waals surface area contributed by atoms with Crippen molar-refractivity contribution in [1.82, 2.24) is 14.9 Å². The van der Waals surface area contributed by atoms with Crippen molar-refractivity contribution < 1.29 is 4.79 Å². The average molecular weight is 399 g/mol. The Morgan fingerprint density at radius 1 is 1.39 bits per heavy atom. The van der Waals surface area contributed by atoms with Crippen LogP contribution in [-0.2, 0) is 4.79 Å². The Labute approximate surface area is 169 Å². The van der Waals surface area contributed by atoms with Gasteiger partial charge in [-0.15, -0.1) is 0 Å². The number of aromatic nitrogens is 2. The molecule has 1 N–H and O–H groups in total. The van der Waals surface area contributed by atoms with E-state index in [0.29, 0.717) is 16.1 Å². The van der Waals surface area contributed by atoms with Crippen molar-refractivity contribution in [2.24, 2.45) is 5.92 Å². The molecule has 7 heteroatoms. The Balaban J connectivity index is 1.88. The fourth-order valence-electron chi connectivity index (χ4n) is 3.47. The number of hydrogen-bond donors (Lipinski definition) is 1. The molecule has 0 aliphatic heterocycles. The average Bonchev–Trinajstić information content (AvgIpc) is 3.20. The van der Waals surface area contributed by atoms with E-state index in [-0.39, 0.29) is 29.2 Å². The smallest absolute Gasteiger partial charge is 0.262 e. The molecule has 0 saturated heterocycles. The van der Waals surface area contributed by atoms with Crippen LogP contribution in [0.4, 0.5) is 0 Å². The van der Waals surface area contributed by atoms with Gasteiger partial charge in [-0.2, -0.15) is 5.26 Å². The van der Waals surface area contributed by atoms with Crippen LogP contribution in [0, 0.1) is 17.2 Å². The van der Waals surface area contributed by atoms with E-state index in [0.717, 1.165) is 25.7 Å². The number of nitriles is 1. The maximum atomic E-state index is 13.1. The van der Waals surface area contributed by atoms with Crippen molar-refractivity contribution in [2.45, 2.75) is 63.2 Å². The number of para-hydroxylation sites is 1. The van der Waals surface area contributed by atoms with Gasteiger partial charge in [-0.3, -0.25) is 14.2 Å². The summed E-state index contributed by atoms with van der Waals surface area (Å²) in [5, 5.41) is 13.4. The van der Waals surface area contributed by atoms with E-state index in [1.54, 1.807) is 17.6 Å². The van der Waals surface area contributed by atoms with Gasteiger partial charge in [0, 0.05) is 6.04 Å². The Morgan fingerprint density at radius 3 is 2.71 bits per heavy atom. The predicted molar refractivity (Wildman–Crippen MR) is 111 cm³/mol. The van der Waals surface area contributed by atoms with E-state index >= 15 is 0 Å². The molecule has 3 rings (SSSR count). The van der Waals surface area contributed by atoms with Crippen LogP contribution in [0.3, 0.4) is 0 Å². The van der Waals surface area contributed by atoms with Crippen LogP contribution in [0.25, 0.3) is 10.9 Å². The molecule has 6 nitrogen and oxygen atoms in total. The minimum absolute atomic E-state index is 0.0121. The molecular weight excluding hydrogens is 372 g/mol. The summed E-state index contributed by atoms with van der Waals surface area (Å²) in [4.78, 5) is 30.3. The summed E-state index contributed by atoms with van der Waals surface area (Å²) in [5.41, 5.74) is -0.308. The molecule has 1 heterocycles. The lowest BCUT2D eigenvalue weighted by molar-refractivity contribution is -0.120. The second kappa shape index (κ2) is 8.36. The lowest BCUT2D eigenvalue weighted by Gasteiger charge is -2.27. The summed E-state index contributed by atoms with van der Waals surface area (Å²) < 4.78 is 1.78. The lowest BCUT2D eigenvalue weighted by atomic mass is 9.90. The first kappa shape index (κ1) is 20.4. The largest absolute Gasteiger partial charge is 0.337 e. The predicted octanol–water partition coefficient (Wildman–Crippen LogP) is 3.66. The Hall–Kier alpha value is -2.33. The number of benzene rings is 1. The van der Waals surface area contributed by atoms with E-state index < -0.39 is 5.54 Å². The highest BCUT2D eigenvalue weighted by atomic mass is 32.2. The van der Waals surface area contributed by atoms with E-state index in [1.165, 1.54) is 11.8 Å². The maximum Gasteiger partial charge on any atom is 0.262 e. The molecule has 1 atom stereocenters. The number of fused-ring (bicyclic) bond motifs is 1. The number of amides is 1. The van der Waals surface area contributed by atoms with Crippen LogP contribution in [0.15, 0.2) is 34.2 Å². The molecule has 1 amide bonds. The summed E-state index contributed by atoms with van der Waals surface area (Å²) in [7, 11) is 0. The molecule has 1 aromatic heterocycles. The first-order chi connectivity index (χ1) is 13.4. The first-order valence-electron chi connectivity index (χ1n) is 9.72. The third-order valence-corrected chi connectivity index (χ3v) is 6.54. The van der Waals surface area contributed by atoms with Gasteiger partial charge >= 0.3 is 0 Å². The Bertz CT molecular complexity index is 973. The van der Waals surface area contributed by atoms with Crippen molar-refractivity contribution in [1.29, 1.82) is 5.26 Å². The van der Waals surface area contributed by atoms with E-state index in [4.69, 9.17) is 0 Å². The van der Waals surface area contributed by atoms with Crippen molar-refractivity contribution in [2.75, 3.05) is 5.75 Å². The topological polar surface area (TPSA) is 87.8 Å². The number of carbonyl (C=O) groups is 1. The minimum Gasteiger partial charge on any atom is -0.337 e. The van der Waals surface area contributed by atoms with Crippen LogP contribution >= 0.6 is 11.8 Å². The van der Waals surface area contributed by atoms with Crippen molar-refractivity contribution in [3.8, 4) is 6.07 Å². The number of rotatable bonds is 6. The summed E-state index contributed by atoms with van der Waals surface area (Å²) in [6.45, 7) is 5.53. The number of nitrogens with zero attached hydrogens (tertiary/aromatic N) is 3. The summed E-state index contributed by atoms with van der Waals surface area (Å²) in [6.07, 6.45) is 4.12. The van der Waals surface area contributed by atoms with Gasteiger partial charge in [-0.05, 0) is 37.8 Å². The first-order valence-corrected chi connectivity index (χ1v) is 10.7. The normalized spacial score (nSPS) is 16.8. The second-order valence-electron chi connectivity index (χ2n) is 7.83. The Kier molecular flexibility index (Phi) is 6.09.